The zero-order chi connectivity index (χ0) is 14.4. The highest BCUT2D eigenvalue weighted by Crippen LogP contribution is 2.34. The Balaban J connectivity index is 1.97. The third-order valence-electron chi connectivity index (χ3n) is 3.30. The van der Waals surface area contributed by atoms with Crippen LogP contribution in [-0.4, -0.2) is 66.3 Å². The summed E-state index contributed by atoms with van der Waals surface area (Å²) in [6.07, 6.45) is -4.66. The van der Waals surface area contributed by atoms with Crippen LogP contribution < -0.4 is 5.73 Å². The third kappa shape index (κ3) is 1.76. The maximum absolute atomic E-state index is 11.3. The first kappa shape index (κ1) is 13.2. The van der Waals surface area contributed by atoms with Crippen LogP contribution in [0.5, 0.6) is 0 Å². The van der Waals surface area contributed by atoms with Crippen molar-refractivity contribution in [3.05, 3.63) is 10.6 Å². The summed E-state index contributed by atoms with van der Waals surface area (Å²) in [6, 6.07) is 0. The van der Waals surface area contributed by atoms with Gasteiger partial charge in [-0.1, -0.05) is 10.1 Å². The van der Waals surface area contributed by atoms with Crippen LogP contribution in [0.25, 0.3) is 0 Å². The summed E-state index contributed by atoms with van der Waals surface area (Å²) in [6.45, 7) is -0.456. The van der Waals surface area contributed by atoms with Crippen molar-refractivity contribution >= 4 is 12.2 Å². The predicted molar refractivity (Wildman–Crippen MR) is 61.7 cm³/mol. The number of hydrogen-bond donors (Lipinski definition) is 4. The fourth-order valence-corrected chi connectivity index (χ4v) is 2.17. The van der Waals surface area contributed by atoms with E-state index in [0.717, 1.165) is 11.0 Å². The van der Waals surface area contributed by atoms with E-state index in [-0.39, 0.29) is 11.5 Å². The first-order valence-electron chi connectivity index (χ1n) is 5.87. The highest BCUT2D eigenvalue weighted by Gasteiger charge is 2.47. The molecule has 3 heterocycles. The lowest BCUT2D eigenvalue weighted by Gasteiger charge is -2.14. The van der Waals surface area contributed by atoms with E-state index in [1.807, 2.05) is 0 Å². The van der Waals surface area contributed by atoms with Crippen LogP contribution >= 0.6 is 0 Å². The second kappa shape index (κ2) is 4.64. The number of aromatic nitrogens is 3. The van der Waals surface area contributed by atoms with Crippen LogP contribution in [0.4, 0.5) is 5.82 Å². The van der Waals surface area contributed by atoms with E-state index in [1.54, 1.807) is 0 Å². The Labute approximate surface area is 111 Å². The van der Waals surface area contributed by atoms with Crippen LogP contribution in [0.3, 0.4) is 0 Å². The number of nitrogens with two attached hydrogens (primary N) is 1. The molecule has 0 saturated carbocycles. The van der Waals surface area contributed by atoms with Crippen LogP contribution in [0, 0.1) is 4.91 Å². The lowest BCUT2D eigenvalue weighted by atomic mass is 10.1. The van der Waals surface area contributed by atoms with Crippen molar-refractivity contribution in [3.8, 4) is 0 Å². The zero-order valence-corrected chi connectivity index (χ0v) is 10.1. The van der Waals surface area contributed by atoms with Crippen molar-refractivity contribution in [1.82, 2.24) is 15.0 Å². The van der Waals surface area contributed by atoms with Gasteiger partial charge in [0.25, 0.3) is 5.82 Å². The number of hydrogen-bond acceptors (Lipinski definition) is 9. The Bertz CT molecular complexity index is 573. The van der Waals surface area contributed by atoms with Crippen LogP contribution in [-0.2, 0) is 4.74 Å². The molecule has 20 heavy (non-hydrogen) atoms. The zero-order valence-electron chi connectivity index (χ0n) is 10.1. The second-order valence-corrected chi connectivity index (χ2v) is 4.52. The van der Waals surface area contributed by atoms with E-state index in [9.17, 15) is 15.1 Å². The number of aliphatic imine (C=N–C) groups is 1. The maximum Gasteiger partial charge on any atom is 0.329 e. The van der Waals surface area contributed by atoms with Gasteiger partial charge in [-0.15, -0.1) is 5.10 Å². The van der Waals surface area contributed by atoms with Crippen molar-refractivity contribution in [1.29, 1.82) is 0 Å². The minimum atomic E-state index is -1.31. The standard InChI is InChI=1S/C9H13N6O5/c10-7-4-8(11-2-14(7)19)15(13-12-4)9-6(18)5(17)3(1-16)20-9/h2-3,5-7,9,16-18H,1,10H2/q+1. The molecule has 108 valence electrons. The summed E-state index contributed by atoms with van der Waals surface area (Å²) >= 11 is 0. The average molecular weight is 285 g/mol. The molecule has 2 aliphatic rings. The van der Waals surface area contributed by atoms with Crippen molar-refractivity contribution < 1.29 is 24.8 Å². The Kier molecular flexibility index (Phi) is 3.07. The summed E-state index contributed by atoms with van der Waals surface area (Å²) in [4.78, 5) is 15.2. The normalized spacial score (nSPS) is 36.4. The van der Waals surface area contributed by atoms with Gasteiger partial charge in [0.05, 0.1) is 6.61 Å². The summed E-state index contributed by atoms with van der Waals surface area (Å²) < 4.78 is 6.85. The molecule has 3 rings (SSSR count). The topological polar surface area (TPSA) is 159 Å². The average Bonchev–Trinajstić information content (AvgIpc) is 2.98. The number of rotatable bonds is 2. The predicted octanol–water partition coefficient (Wildman–Crippen LogP) is -2.70. The Morgan fingerprint density at radius 3 is 2.85 bits per heavy atom. The first-order valence-corrected chi connectivity index (χ1v) is 5.87. The fraction of sp³-hybridized carbons (Fsp3) is 0.667. The lowest BCUT2D eigenvalue weighted by Crippen LogP contribution is -2.33. The van der Waals surface area contributed by atoms with Gasteiger partial charge in [-0.3, -0.25) is 5.73 Å². The molecule has 1 fully saturated rings. The molecule has 5 atom stereocenters. The molecular formula is C9H13N6O5+. The summed E-state index contributed by atoms with van der Waals surface area (Å²) in [5, 5.41) is 36.2. The van der Waals surface area contributed by atoms with Crippen LogP contribution in [0.15, 0.2) is 4.99 Å². The van der Waals surface area contributed by atoms with E-state index < -0.39 is 37.3 Å². The van der Waals surface area contributed by atoms with Gasteiger partial charge in [0, 0.05) is 0 Å². The van der Waals surface area contributed by atoms with E-state index >= 15 is 0 Å². The maximum atomic E-state index is 11.3. The molecule has 2 aliphatic heterocycles. The number of aliphatic hydroxyl groups excluding tert-OH is 3. The number of ether oxygens (including phenoxy) is 1. The van der Waals surface area contributed by atoms with Gasteiger partial charge in [-0.2, -0.15) is 4.68 Å². The molecular weight excluding hydrogens is 272 g/mol. The Morgan fingerprint density at radius 2 is 2.20 bits per heavy atom. The van der Waals surface area contributed by atoms with Crippen molar-refractivity contribution in [3.63, 3.8) is 0 Å². The summed E-state index contributed by atoms with van der Waals surface area (Å²) in [7, 11) is 0. The lowest BCUT2D eigenvalue weighted by molar-refractivity contribution is -0.475. The largest absolute Gasteiger partial charge is 0.394 e. The van der Waals surface area contributed by atoms with Crippen LogP contribution in [0.1, 0.15) is 18.1 Å². The molecule has 0 bridgehead atoms. The van der Waals surface area contributed by atoms with Gasteiger partial charge < -0.3 is 20.1 Å². The molecule has 0 radical (unpaired) electrons. The third-order valence-corrected chi connectivity index (χ3v) is 3.30. The van der Waals surface area contributed by atoms with Gasteiger partial charge >= 0.3 is 6.34 Å². The molecule has 1 aromatic rings. The summed E-state index contributed by atoms with van der Waals surface area (Å²) in [5.74, 6) is 0.166. The highest BCUT2D eigenvalue weighted by atomic mass is 16.6. The van der Waals surface area contributed by atoms with Gasteiger partial charge in [-0.25, -0.2) is 0 Å². The minimum absolute atomic E-state index is 0.139. The van der Waals surface area contributed by atoms with Crippen molar-refractivity contribution in [2.24, 2.45) is 10.7 Å². The van der Waals surface area contributed by atoms with Crippen molar-refractivity contribution in [2.75, 3.05) is 6.61 Å². The Morgan fingerprint density at radius 1 is 1.45 bits per heavy atom. The molecule has 5 N–H and O–H groups in total. The molecule has 0 spiro atoms. The number of nitrogens with zero attached hydrogens (tertiary/aromatic N) is 5. The van der Waals surface area contributed by atoms with E-state index in [0.29, 0.717) is 4.76 Å². The quantitative estimate of drug-likeness (QED) is 0.427. The van der Waals surface area contributed by atoms with E-state index in [2.05, 4.69) is 15.3 Å². The number of nitroso groups, excluding NO2 is 1. The van der Waals surface area contributed by atoms with Gasteiger partial charge in [-0.05, 0) is 9.75 Å². The van der Waals surface area contributed by atoms with Crippen molar-refractivity contribution in [2.45, 2.75) is 30.7 Å². The van der Waals surface area contributed by atoms with Gasteiger partial charge in [0.1, 0.15) is 18.3 Å². The molecule has 5 unspecified atom stereocenters. The molecule has 0 aromatic carbocycles. The molecule has 0 amide bonds. The molecule has 0 aliphatic carbocycles. The number of fused-ring (bicyclic) bond motifs is 1. The fourth-order valence-electron chi connectivity index (χ4n) is 2.17. The molecule has 1 saturated heterocycles. The summed E-state index contributed by atoms with van der Waals surface area (Å²) in [5.41, 5.74) is 5.77. The monoisotopic (exact) mass is 285 g/mol. The molecule has 11 heteroatoms. The van der Waals surface area contributed by atoms with E-state index in [4.69, 9.17) is 15.6 Å². The molecule has 11 nitrogen and oxygen atoms in total. The Hall–Kier alpha value is -1.79. The minimum Gasteiger partial charge on any atom is -0.394 e. The first-order chi connectivity index (χ1) is 9.54. The second-order valence-electron chi connectivity index (χ2n) is 4.52. The molecule has 1 aromatic heterocycles. The highest BCUT2D eigenvalue weighted by molar-refractivity contribution is 5.56. The SMILES string of the molecule is NC1c2nnn(C3OC(CO)C(O)C3O)c2N=C[N+]1=O. The smallest absolute Gasteiger partial charge is 0.329 e. The van der Waals surface area contributed by atoms with Crippen LogP contribution in [0.2, 0.25) is 0 Å². The number of aliphatic hydroxyl groups is 3. The van der Waals surface area contributed by atoms with Gasteiger partial charge in [0.15, 0.2) is 11.9 Å². The van der Waals surface area contributed by atoms with E-state index in [1.165, 1.54) is 0 Å². The van der Waals surface area contributed by atoms with Gasteiger partial charge in [0.2, 0.25) is 6.17 Å².